The third kappa shape index (κ3) is 3.07. The van der Waals surface area contributed by atoms with Crippen molar-refractivity contribution >= 4 is 10.0 Å². The summed E-state index contributed by atoms with van der Waals surface area (Å²) in [4.78, 5) is 7.26. The van der Waals surface area contributed by atoms with Crippen LogP contribution < -0.4 is 0 Å². The van der Waals surface area contributed by atoms with Gasteiger partial charge in [-0.15, -0.1) is 0 Å². The fraction of sp³-hybridized carbons (Fsp3) is 0.800. The van der Waals surface area contributed by atoms with Crippen LogP contribution in [0.5, 0.6) is 0 Å². The van der Waals surface area contributed by atoms with E-state index < -0.39 is 10.0 Å². The van der Waals surface area contributed by atoms with Crippen LogP contribution in [0.2, 0.25) is 0 Å². The van der Waals surface area contributed by atoms with Gasteiger partial charge in [-0.05, 0) is 39.2 Å². The van der Waals surface area contributed by atoms with Gasteiger partial charge >= 0.3 is 0 Å². The number of nitrogens with zero attached hydrogens (tertiary/aromatic N) is 4. The molecule has 3 heterocycles. The van der Waals surface area contributed by atoms with E-state index in [9.17, 15) is 8.42 Å². The molecule has 22 heavy (non-hydrogen) atoms. The van der Waals surface area contributed by atoms with Crippen molar-refractivity contribution in [2.24, 2.45) is 7.05 Å². The summed E-state index contributed by atoms with van der Waals surface area (Å²) >= 11 is 0. The van der Waals surface area contributed by atoms with Crippen LogP contribution in [0.25, 0.3) is 0 Å². The summed E-state index contributed by atoms with van der Waals surface area (Å²) in [6.45, 7) is 4.42. The Hall–Kier alpha value is -0.920. The number of aromatic nitrogens is 2. The van der Waals surface area contributed by atoms with Crippen LogP contribution in [0.1, 0.15) is 43.2 Å². The Balaban J connectivity index is 1.71. The number of imidazole rings is 1. The predicted octanol–water partition coefficient (Wildman–Crippen LogP) is 1.29. The summed E-state index contributed by atoms with van der Waals surface area (Å²) in [6, 6.07) is 0.857. The molecule has 124 valence electrons. The molecule has 0 aromatic carbocycles. The van der Waals surface area contributed by atoms with Crippen LogP contribution in [-0.2, 0) is 17.1 Å². The molecule has 2 fully saturated rings. The third-order valence-corrected chi connectivity index (χ3v) is 6.29. The van der Waals surface area contributed by atoms with Gasteiger partial charge in [-0.3, -0.25) is 4.90 Å². The first-order valence-electron chi connectivity index (χ1n) is 8.07. The maximum Gasteiger partial charge on any atom is 0.211 e. The fourth-order valence-corrected chi connectivity index (χ4v) is 4.83. The van der Waals surface area contributed by atoms with Gasteiger partial charge in [0.05, 0.1) is 18.0 Å². The molecular formula is C15H26N4O2S. The average molecular weight is 326 g/mol. The van der Waals surface area contributed by atoms with Gasteiger partial charge in [-0.1, -0.05) is 0 Å². The van der Waals surface area contributed by atoms with Crippen molar-refractivity contribution in [1.82, 2.24) is 18.8 Å². The molecule has 0 N–H and O–H groups in total. The molecule has 1 atom stereocenters. The summed E-state index contributed by atoms with van der Waals surface area (Å²) < 4.78 is 27.0. The molecule has 6 nitrogen and oxygen atoms in total. The summed E-state index contributed by atoms with van der Waals surface area (Å²) in [5.41, 5.74) is 1.07. The SMILES string of the molecule is Cc1cn(C)c([C@@H]2CCCN2C2CCN(S(C)(=O)=O)CC2)n1. The predicted molar refractivity (Wildman–Crippen MR) is 86.1 cm³/mol. The third-order valence-electron chi connectivity index (χ3n) is 4.99. The van der Waals surface area contributed by atoms with E-state index in [1.54, 1.807) is 4.31 Å². The Kier molecular flexibility index (Phi) is 4.31. The van der Waals surface area contributed by atoms with E-state index in [1.807, 2.05) is 6.92 Å². The van der Waals surface area contributed by atoms with Crippen LogP contribution >= 0.6 is 0 Å². The topological polar surface area (TPSA) is 58.4 Å². The van der Waals surface area contributed by atoms with E-state index in [4.69, 9.17) is 4.98 Å². The molecule has 1 aromatic rings. The molecule has 2 saturated heterocycles. The number of hydrogen-bond acceptors (Lipinski definition) is 4. The minimum absolute atomic E-state index is 0.383. The lowest BCUT2D eigenvalue weighted by molar-refractivity contribution is 0.122. The molecule has 0 aliphatic carbocycles. The number of likely N-dealkylation sites (tertiary alicyclic amines) is 1. The van der Waals surface area contributed by atoms with Crippen LogP contribution in [0.15, 0.2) is 6.20 Å². The van der Waals surface area contributed by atoms with Crippen LogP contribution in [0.3, 0.4) is 0 Å². The van der Waals surface area contributed by atoms with Crippen molar-refractivity contribution in [1.29, 1.82) is 0 Å². The molecule has 2 aliphatic rings. The second kappa shape index (κ2) is 5.94. The van der Waals surface area contributed by atoms with E-state index >= 15 is 0 Å². The molecule has 2 aliphatic heterocycles. The number of hydrogen-bond donors (Lipinski definition) is 0. The smallest absolute Gasteiger partial charge is 0.211 e. The Labute approximate surface area is 133 Å². The van der Waals surface area contributed by atoms with Crippen molar-refractivity contribution in [3.8, 4) is 0 Å². The highest BCUT2D eigenvalue weighted by Gasteiger charge is 2.36. The van der Waals surface area contributed by atoms with Gasteiger partial charge in [0.25, 0.3) is 0 Å². The molecule has 1 aromatic heterocycles. The molecule has 0 bridgehead atoms. The fourth-order valence-electron chi connectivity index (χ4n) is 3.95. The normalized spacial score (nSPS) is 25.9. The van der Waals surface area contributed by atoms with Gasteiger partial charge in [0.2, 0.25) is 10.0 Å². The van der Waals surface area contributed by atoms with E-state index in [0.29, 0.717) is 25.2 Å². The quantitative estimate of drug-likeness (QED) is 0.840. The standard InChI is InChI=1S/C15H26N4O2S/c1-12-11-17(2)15(16-12)14-5-4-8-19(14)13-6-9-18(10-7-13)22(3,20)21/h11,13-14H,4-10H2,1-3H3/t14-/m0/s1. The van der Waals surface area contributed by atoms with E-state index in [2.05, 4.69) is 22.7 Å². The minimum atomic E-state index is -3.04. The monoisotopic (exact) mass is 326 g/mol. The number of piperidine rings is 1. The second-order valence-corrected chi connectivity index (χ2v) is 8.62. The zero-order valence-electron chi connectivity index (χ0n) is 13.7. The maximum absolute atomic E-state index is 11.6. The summed E-state index contributed by atoms with van der Waals surface area (Å²) in [6.07, 6.45) is 7.58. The first-order chi connectivity index (χ1) is 10.4. The molecule has 0 amide bonds. The molecule has 7 heteroatoms. The first kappa shape index (κ1) is 16.0. The van der Waals surface area contributed by atoms with Crippen molar-refractivity contribution in [2.75, 3.05) is 25.9 Å². The molecule has 3 rings (SSSR count). The second-order valence-electron chi connectivity index (χ2n) is 6.64. The van der Waals surface area contributed by atoms with Gasteiger partial charge in [0.15, 0.2) is 0 Å². The van der Waals surface area contributed by atoms with Gasteiger partial charge in [-0.25, -0.2) is 17.7 Å². The number of sulfonamides is 1. The lowest BCUT2D eigenvalue weighted by atomic mass is 10.0. The molecule has 0 radical (unpaired) electrons. The largest absolute Gasteiger partial charge is 0.336 e. The number of rotatable bonds is 3. The molecule has 0 saturated carbocycles. The average Bonchev–Trinajstić information content (AvgIpc) is 3.04. The Morgan fingerprint density at radius 3 is 2.41 bits per heavy atom. The van der Waals surface area contributed by atoms with Crippen LogP contribution in [-0.4, -0.2) is 59.1 Å². The highest BCUT2D eigenvalue weighted by molar-refractivity contribution is 7.88. The van der Waals surface area contributed by atoms with Crippen molar-refractivity contribution in [3.63, 3.8) is 0 Å². The van der Waals surface area contributed by atoms with E-state index in [0.717, 1.165) is 37.3 Å². The summed E-state index contributed by atoms with van der Waals surface area (Å²) in [5.74, 6) is 1.15. The number of aryl methyl sites for hydroxylation is 2. The van der Waals surface area contributed by atoms with Crippen molar-refractivity contribution in [2.45, 2.75) is 44.7 Å². The lowest BCUT2D eigenvalue weighted by Crippen LogP contribution is -2.46. The minimum Gasteiger partial charge on any atom is -0.336 e. The maximum atomic E-state index is 11.6. The highest BCUT2D eigenvalue weighted by atomic mass is 32.2. The van der Waals surface area contributed by atoms with Gasteiger partial charge in [0.1, 0.15) is 5.82 Å². The van der Waals surface area contributed by atoms with Crippen LogP contribution in [0, 0.1) is 6.92 Å². The van der Waals surface area contributed by atoms with Gasteiger partial charge < -0.3 is 4.57 Å². The Bertz CT molecular complexity index is 632. The summed E-state index contributed by atoms with van der Waals surface area (Å²) in [7, 11) is -0.976. The molecule has 0 unspecified atom stereocenters. The van der Waals surface area contributed by atoms with Crippen molar-refractivity contribution < 1.29 is 8.42 Å². The van der Waals surface area contributed by atoms with Crippen LogP contribution in [0.4, 0.5) is 0 Å². The Morgan fingerprint density at radius 1 is 1.18 bits per heavy atom. The summed E-state index contributed by atoms with van der Waals surface area (Å²) in [5, 5.41) is 0. The lowest BCUT2D eigenvalue weighted by Gasteiger charge is -2.38. The van der Waals surface area contributed by atoms with Gasteiger partial charge in [-0.2, -0.15) is 0 Å². The zero-order valence-corrected chi connectivity index (χ0v) is 14.5. The molecule has 0 spiro atoms. The van der Waals surface area contributed by atoms with E-state index in [1.165, 1.54) is 12.7 Å². The van der Waals surface area contributed by atoms with Crippen molar-refractivity contribution in [3.05, 3.63) is 17.7 Å². The first-order valence-corrected chi connectivity index (χ1v) is 9.92. The van der Waals surface area contributed by atoms with Gasteiger partial charge in [0, 0.05) is 32.4 Å². The highest BCUT2D eigenvalue weighted by Crippen LogP contribution is 2.35. The Morgan fingerprint density at radius 2 is 1.86 bits per heavy atom. The van der Waals surface area contributed by atoms with E-state index in [-0.39, 0.29) is 0 Å². The zero-order chi connectivity index (χ0) is 15.9. The molecular weight excluding hydrogens is 300 g/mol.